The van der Waals surface area contributed by atoms with Gasteiger partial charge in [0.05, 0.1) is 6.10 Å². The van der Waals surface area contributed by atoms with E-state index in [4.69, 9.17) is 11.6 Å². The molecule has 0 amide bonds. The maximum Gasteiger partial charge on any atom is 0.0537 e. The van der Waals surface area contributed by atoms with Crippen LogP contribution in [0.2, 0.25) is 0 Å². The fourth-order valence-corrected chi connectivity index (χ4v) is 1.39. The van der Waals surface area contributed by atoms with Gasteiger partial charge in [0.1, 0.15) is 0 Å². The van der Waals surface area contributed by atoms with Gasteiger partial charge in [-0.1, -0.05) is 55.4 Å². The fraction of sp³-hybridized carbons (Fsp3) is 0.500. The van der Waals surface area contributed by atoms with Crippen LogP contribution in [0.25, 0.3) is 0 Å². The Morgan fingerprint density at radius 1 is 1.17 bits per heavy atom. The Kier molecular flexibility index (Phi) is 13.0. The van der Waals surface area contributed by atoms with Crippen LogP contribution in [-0.2, 0) is 0 Å². The molecule has 0 radical (unpaired) electrons. The van der Waals surface area contributed by atoms with E-state index >= 15 is 0 Å². The van der Waals surface area contributed by atoms with Gasteiger partial charge in [0.25, 0.3) is 0 Å². The molecule has 2 heteroatoms. The molecule has 0 aliphatic heterocycles. The van der Waals surface area contributed by atoms with Crippen LogP contribution in [0.15, 0.2) is 23.8 Å². The molecule has 1 N–H and O–H groups in total. The Balaban J connectivity index is 3.49. The second kappa shape index (κ2) is 13.9. The van der Waals surface area contributed by atoms with Gasteiger partial charge in [-0.15, -0.1) is 0 Å². The molecule has 0 aromatic heterocycles. The summed E-state index contributed by atoms with van der Waals surface area (Å²) in [7, 11) is 0. The molecule has 0 rings (SSSR count). The summed E-state index contributed by atoms with van der Waals surface area (Å²) in [6.07, 6.45) is 11.0. The van der Waals surface area contributed by atoms with Crippen molar-refractivity contribution >= 4 is 11.6 Å². The van der Waals surface area contributed by atoms with E-state index in [9.17, 15) is 5.11 Å². The van der Waals surface area contributed by atoms with Crippen molar-refractivity contribution in [3.8, 4) is 23.7 Å². The Morgan fingerprint density at radius 3 is 2.72 bits per heavy atom. The van der Waals surface area contributed by atoms with Crippen molar-refractivity contribution in [3.63, 3.8) is 0 Å². The molecule has 0 saturated carbocycles. The smallest absolute Gasteiger partial charge is 0.0537 e. The van der Waals surface area contributed by atoms with Gasteiger partial charge in [-0.05, 0) is 37.2 Å². The third-order valence-electron chi connectivity index (χ3n) is 2.40. The van der Waals surface area contributed by atoms with Crippen molar-refractivity contribution in [2.45, 2.75) is 51.6 Å². The van der Waals surface area contributed by atoms with E-state index in [-0.39, 0.29) is 6.10 Å². The van der Waals surface area contributed by atoms with Crippen LogP contribution < -0.4 is 0 Å². The molecule has 0 aliphatic carbocycles. The monoisotopic (exact) mass is 264 g/mol. The second-order valence-electron chi connectivity index (χ2n) is 3.91. The summed E-state index contributed by atoms with van der Waals surface area (Å²) < 4.78 is 0. The van der Waals surface area contributed by atoms with Crippen molar-refractivity contribution in [1.82, 2.24) is 0 Å². The van der Waals surface area contributed by atoms with Crippen molar-refractivity contribution in [1.29, 1.82) is 0 Å². The highest BCUT2D eigenvalue weighted by Gasteiger charge is 1.98. The lowest BCUT2D eigenvalue weighted by molar-refractivity contribution is 0.156. The molecule has 0 aromatic carbocycles. The second-order valence-corrected chi connectivity index (χ2v) is 4.16. The molecule has 98 valence electrons. The summed E-state index contributed by atoms with van der Waals surface area (Å²) in [5.41, 5.74) is 1.43. The van der Waals surface area contributed by atoms with Gasteiger partial charge in [-0.3, -0.25) is 0 Å². The molecule has 0 saturated heterocycles. The number of unbranched alkanes of at least 4 members (excludes halogenated alkanes) is 3. The number of hydrogen-bond acceptors (Lipinski definition) is 1. The Morgan fingerprint density at radius 2 is 2.00 bits per heavy atom. The fourth-order valence-electron chi connectivity index (χ4n) is 1.30. The van der Waals surface area contributed by atoms with Gasteiger partial charge >= 0.3 is 0 Å². The molecular formula is C16H21ClO. The van der Waals surface area contributed by atoms with E-state index in [1.807, 2.05) is 6.92 Å². The van der Waals surface area contributed by atoms with Gasteiger partial charge in [0, 0.05) is 12.0 Å². The minimum atomic E-state index is -0.129. The van der Waals surface area contributed by atoms with E-state index in [0.29, 0.717) is 0 Å². The summed E-state index contributed by atoms with van der Waals surface area (Å²) in [5.74, 6) is 11.4. The highest BCUT2D eigenvalue weighted by Crippen LogP contribution is 2.07. The first-order valence-electron chi connectivity index (χ1n) is 6.39. The van der Waals surface area contributed by atoms with E-state index in [2.05, 4.69) is 23.7 Å². The van der Waals surface area contributed by atoms with E-state index < -0.39 is 0 Å². The first-order valence-corrected chi connectivity index (χ1v) is 6.83. The van der Waals surface area contributed by atoms with Crippen LogP contribution in [0.5, 0.6) is 0 Å². The number of halogens is 1. The first kappa shape index (κ1) is 16.9. The predicted molar refractivity (Wildman–Crippen MR) is 79.1 cm³/mol. The predicted octanol–water partition coefficient (Wildman–Crippen LogP) is 4.02. The van der Waals surface area contributed by atoms with E-state index in [0.717, 1.165) is 38.5 Å². The van der Waals surface area contributed by atoms with Crippen molar-refractivity contribution in [3.05, 3.63) is 23.8 Å². The zero-order chi connectivity index (χ0) is 13.5. The number of allylic oxidation sites excluding steroid dienone is 3. The number of aliphatic hydroxyl groups excluding tert-OH is 1. The van der Waals surface area contributed by atoms with Gasteiger partial charge in [-0.2, -0.15) is 0 Å². The number of aliphatic hydroxyl groups is 1. The lowest BCUT2D eigenvalue weighted by atomic mass is 10.1. The molecule has 1 nitrogen and oxygen atoms in total. The average molecular weight is 265 g/mol. The van der Waals surface area contributed by atoms with Crippen LogP contribution in [0.4, 0.5) is 0 Å². The number of rotatable bonds is 7. The van der Waals surface area contributed by atoms with Crippen LogP contribution in [0.3, 0.4) is 0 Å². The summed E-state index contributed by atoms with van der Waals surface area (Å²) in [6, 6.07) is 0. The summed E-state index contributed by atoms with van der Waals surface area (Å²) in [6.45, 7) is 2.01. The van der Waals surface area contributed by atoms with E-state index in [1.165, 1.54) is 5.54 Å². The molecule has 0 unspecified atom stereocenters. The number of hydrogen-bond donors (Lipinski definition) is 1. The van der Waals surface area contributed by atoms with Crippen molar-refractivity contribution < 1.29 is 5.11 Å². The van der Waals surface area contributed by atoms with Gasteiger partial charge < -0.3 is 5.11 Å². The van der Waals surface area contributed by atoms with Crippen LogP contribution in [0.1, 0.15) is 45.4 Å². The highest BCUT2D eigenvalue weighted by atomic mass is 35.5. The molecule has 0 aromatic rings. The average Bonchev–Trinajstić information content (AvgIpc) is 2.39. The lowest BCUT2D eigenvalue weighted by Crippen LogP contribution is -2.03. The van der Waals surface area contributed by atoms with Crippen molar-refractivity contribution in [2.24, 2.45) is 0 Å². The largest absolute Gasteiger partial charge is 0.393 e. The minimum Gasteiger partial charge on any atom is -0.393 e. The molecule has 0 fully saturated rings. The lowest BCUT2D eigenvalue weighted by Gasteiger charge is -2.05. The quantitative estimate of drug-likeness (QED) is 0.418. The maximum atomic E-state index is 9.35. The molecule has 1 atom stereocenters. The molecule has 0 aliphatic rings. The van der Waals surface area contributed by atoms with E-state index in [1.54, 1.807) is 18.2 Å². The zero-order valence-electron chi connectivity index (χ0n) is 11.0. The summed E-state index contributed by atoms with van der Waals surface area (Å²) in [5, 5.41) is 9.35. The van der Waals surface area contributed by atoms with Gasteiger partial charge in [0.15, 0.2) is 0 Å². The SMILES string of the molecule is CC[C@H](O)CCCCCC#CC#C/C=C/C=C\Cl. The minimum absolute atomic E-state index is 0.129. The Labute approximate surface area is 116 Å². The topological polar surface area (TPSA) is 20.2 Å². The Hall–Kier alpha value is -1.15. The summed E-state index contributed by atoms with van der Waals surface area (Å²) in [4.78, 5) is 0. The molecule has 0 spiro atoms. The standard InChI is InChI=1S/C16H21ClO/c1-2-16(18)14-12-10-8-6-4-3-5-7-9-11-13-15-17/h9,11,13,15-16,18H,2,6,8,10,12,14H2,1H3/b11-9+,15-13-/t16-/m0/s1. The van der Waals surface area contributed by atoms with Crippen LogP contribution in [0, 0.1) is 23.7 Å². The zero-order valence-corrected chi connectivity index (χ0v) is 11.7. The third kappa shape index (κ3) is 12.9. The first-order chi connectivity index (χ1) is 8.81. The van der Waals surface area contributed by atoms with Gasteiger partial charge in [-0.25, -0.2) is 0 Å². The van der Waals surface area contributed by atoms with Crippen molar-refractivity contribution in [2.75, 3.05) is 0 Å². The van der Waals surface area contributed by atoms with Crippen LogP contribution >= 0.6 is 11.6 Å². The molecule has 0 heterocycles. The summed E-state index contributed by atoms with van der Waals surface area (Å²) >= 11 is 5.33. The Bertz CT molecular complexity index is 360. The molecular weight excluding hydrogens is 244 g/mol. The highest BCUT2D eigenvalue weighted by molar-refractivity contribution is 6.25. The van der Waals surface area contributed by atoms with Gasteiger partial charge in [0.2, 0.25) is 0 Å². The molecule has 0 bridgehead atoms. The molecule has 18 heavy (non-hydrogen) atoms. The maximum absolute atomic E-state index is 9.35. The normalized spacial score (nSPS) is 11.9. The van der Waals surface area contributed by atoms with Crippen LogP contribution in [-0.4, -0.2) is 11.2 Å². The third-order valence-corrected chi connectivity index (χ3v) is 2.54.